The highest BCUT2D eigenvalue weighted by molar-refractivity contribution is 7.89. The molecule has 4 aromatic heterocycles. The van der Waals surface area contributed by atoms with Gasteiger partial charge in [-0.25, -0.2) is 28.0 Å². The number of aryl methyl sites for hydroxylation is 4. The average molecular weight is 442 g/mol. The molecule has 0 fully saturated rings. The summed E-state index contributed by atoms with van der Waals surface area (Å²) in [7, 11) is -3.87. The lowest BCUT2D eigenvalue weighted by atomic mass is 10.3. The lowest BCUT2D eigenvalue weighted by Gasteiger charge is -2.01. The van der Waals surface area contributed by atoms with Crippen LogP contribution in [-0.2, 0) is 10.0 Å². The number of aromatic nitrogens is 6. The van der Waals surface area contributed by atoms with E-state index in [1.165, 1.54) is 0 Å². The molecule has 0 radical (unpaired) electrons. The minimum atomic E-state index is -3.87. The van der Waals surface area contributed by atoms with E-state index in [0.717, 1.165) is 27.0 Å². The molecule has 2 N–H and O–H groups in total. The largest absolute Gasteiger partial charge is 0.257 e. The average Bonchev–Trinajstić information content (AvgIpc) is 3.06. The van der Waals surface area contributed by atoms with Crippen LogP contribution in [0.25, 0.3) is 11.3 Å². The van der Waals surface area contributed by atoms with E-state index in [1.54, 1.807) is 24.4 Å². The van der Waals surface area contributed by atoms with E-state index >= 15 is 0 Å². The lowest BCUT2D eigenvalue weighted by molar-refractivity contribution is 0.588. The van der Waals surface area contributed by atoms with Crippen LogP contribution in [0.15, 0.2) is 23.4 Å². The number of hydrogen-bond acceptors (Lipinski definition) is 6. The van der Waals surface area contributed by atoms with E-state index in [2.05, 4.69) is 20.2 Å². The zero-order chi connectivity index (χ0) is 20.8. The van der Waals surface area contributed by atoms with E-state index in [1.807, 2.05) is 26.1 Å². The van der Waals surface area contributed by atoms with Gasteiger partial charge < -0.3 is 0 Å². The molecule has 4 aromatic rings. The molecule has 0 bridgehead atoms. The molecule has 0 unspecified atom stereocenters. The molecule has 0 saturated carbocycles. The van der Waals surface area contributed by atoms with Crippen LogP contribution in [0.2, 0.25) is 10.3 Å². The van der Waals surface area contributed by atoms with Gasteiger partial charge in [0.15, 0.2) is 16.3 Å². The van der Waals surface area contributed by atoms with Gasteiger partial charge in [0, 0.05) is 0 Å². The third-order valence-electron chi connectivity index (χ3n) is 3.83. The number of hydrogen-bond donors (Lipinski definition) is 1. The van der Waals surface area contributed by atoms with Crippen molar-refractivity contribution in [2.24, 2.45) is 5.14 Å². The fourth-order valence-electron chi connectivity index (χ4n) is 2.75. The first-order chi connectivity index (χ1) is 13.0. The van der Waals surface area contributed by atoms with Crippen molar-refractivity contribution in [3.8, 4) is 0 Å². The zero-order valence-electron chi connectivity index (χ0n) is 15.5. The number of nitrogens with two attached hydrogens (primary N) is 1. The SMILES string of the molecule is Cc1cn2nc(Cl)cc(C)c2n1.Cc1nc2c(C)cc(Cl)nn2c1S(N)(=O)=O. The molecule has 0 aliphatic rings. The molecule has 9 nitrogen and oxygen atoms in total. The van der Waals surface area contributed by atoms with Crippen LogP contribution in [0.3, 0.4) is 0 Å². The highest BCUT2D eigenvalue weighted by Gasteiger charge is 2.21. The van der Waals surface area contributed by atoms with Gasteiger partial charge in [-0.15, -0.1) is 0 Å². The minimum Gasteiger partial charge on any atom is -0.232 e. The Hall–Kier alpha value is -2.27. The van der Waals surface area contributed by atoms with Gasteiger partial charge in [-0.05, 0) is 51.0 Å². The molecule has 148 valence electrons. The number of nitrogens with zero attached hydrogens (tertiary/aromatic N) is 6. The molecular formula is C16H17Cl2N7O2S. The van der Waals surface area contributed by atoms with Gasteiger partial charge in [0.05, 0.1) is 17.6 Å². The van der Waals surface area contributed by atoms with Crippen molar-refractivity contribution in [2.45, 2.75) is 32.7 Å². The first-order valence-electron chi connectivity index (χ1n) is 8.02. The fourth-order valence-corrected chi connectivity index (χ4v) is 4.06. The molecule has 0 amide bonds. The van der Waals surface area contributed by atoms with Crippen molar-refractivity contribution >= 4 is 44.5 Å². The van der Waals surface area contributed by atoms with Gasteiger partial charge in [0.25, 0.3) is 10.0 Å². The Labute approximate surface area is 171 Å². The van der Waals surface area contributed by atoms with Crippen LogP contribution in [0, 0.1) is 27.7 Å². The molecular weight excluding hydrogens is 425 g/mol. The van der Waals surface area contributed by atoms with Gasteiger partial charge in [0.2, 0.25) is 0 Å². The molecule has 0 aliphatic heterocycles. The zero-order valence-corrected chi connectivity index (χ0v) is 17.8. The summed E-state index contributed by atoms with van der Waals surface area (Å²) in [5, 5.41) is 13.6. The molecule has 0 spiro atoms. The molecule has 0 aliphatic carbocycles. The number of halogens is 2. The Morgan fingerprint density at radius 2 is 1.50 bits per heavy atom. The van der Waals surface area contributed by atoms with Gasteiger partial charge >= 0.3 is 0 Å². The third-order valence-corrected chi connectivity index (χ3v) is 5.21. The predicted octanol–water partition coefficient (Wildman–Crippen LogP) is 2.65. The van der Waals surface area contributed by atoms with Crippen LogP contribution < -0.4 is 5.14 Å². The lowest BCUT2D eigenvalue weighted by Crippen LogP contribution is -2.17. The maximum absolute atomic E-state index is 11.4. The van der Waals surface area contributed by atoms with E-state index in [4.69, 9.17) is 28.3 Å². The highest BCUT2D eigenvalue weighted by atomic mass is 35.5. The Balaban J connectivity index is 0.000000167. The van der Waals surface area contributed by atoms with Gasteiger partial charge in [-0.2, -0.15) is 14.7 Å². The summed E-state index contributed by atoms with van der Waals surface area (Å²) in [5.74, 6) is 0. The molecule has 0 atom stereocenters. The molecule has 0 saturated heterocycles. The predicted molar refractivity (Wildman–Crippen MR) is 106 cm³/mol. The Bertz CT molecular complexity index is 1310. The molecule has 4 heterocycles. The monoisotopic (exact) mass is 441 g/mol. The number of rotatable bonds is 1. The summed E-state index contributed by atoms with van der Waals surface area (Å²) in [6.07, 6.45) is 1.86. The number of primary sulfonamides is 1. The maximum Gasteiger partial charge on any atom is 0.257 e. The number of imidazole rings is 2. The summed E-state index contributed by atoms with van der Waals surface area (Å²) in [5.41, 5.74) is 4.34. The Morgan fingerprint density at radius 3 is 2.11 bits per heavy atom. The molecule has 12 heteroatoms. The van der Waals surface area contributed by atoms with Crippen molar-refractivity contribution in [3.63, 3.8) is 0 Å². The van der Waals surface area contributed by atoms with Crippen LogP contribution in [0.4, 0.5) is 0 Å². The first kappa shape index (κ1) is 20.5. The Kier molecular flexibility index (Phi) is 5.32. The summed E-state index contributed by atoms with van der Waals surface area (Å²) in [6.45, 7) is 7.22. The Morgan fingerprint density at radius 1 is 0.929 bits per heavy atom. The van der Waals surface area contributed by atoms with Crippen molar-refractivity contribution in [2.75, 3.05) is 0 Å². The maximum atomic E-state index is 11.4. The standard InChI is InChI=1S/C8H9ClN4O2S.C8H8ClN3/c1-4-3-6(9)12-13-7(4)11-5(2)8(13)16(10,14)15;1-5-3-7(9)11-12-4-6(2)10-8(5)12/h3H,1-2H3,(H2,10,14,15);3-4H,1-2H3. The quantitative estimate of drug-likeness (QED) is 0.484. The van der Waals surface area contributed by atoms with Crippen molar-refractivity contribution in [1.82, 2.24) is 29.2 Å². The summed E-state index contributed by atoms with van der Waals surface area (Å²) in [6, 6.07) is 3.42. The molecule has 28 heavy (non-hydrogen) atoms. The minimum absolute atomic E-state index is 0.131. The van der Waals surface area contributed by atoms with E-state index < -0.39 is 10.0 Å². The third kappa shape index (κ3) is 3.95. The van der Waals surface area contributed by atoms with Crippen LogP contribution in [0.1, 0.15) is 22.5 Å². The van der Waals surface area contributed by atoms with E-state index in [9.17, 15) is 8.42 Å². The smallest absolute Gasteiger partial charge is 0.232 e. The van der Waals surface area contributed by atoms with Gasteiger partial charge in [-0.3, -0.25) is 0 Å². The normalized spacial score (nSPS) is 11.7. The van der Waals surface area contributed by atoms with Crippen LogP contribution >= 0.6 is 23.2 Å². The second-order valence-electron chi connectivity index (χ2n) is 6.23. The highest BCUT2D eigenvalue weighted by Crippen LogP contribution is 2.19. The number of fused-ring (bicyclic) bond motifs is 2. The van der Waals surface area contributed by atoms with Crippen molar-refractivity contribution in [3.05, 3.63) is 51.2 Å². The van der Waals surface area contributed by atoms with Crippen LogP contribution in [0.5, 0.6) is 0 Å². The molecule has 4 rings (SSSR count). The van der Waals surface area contributed by atoms with Crippen molar-refractivity contribution in [1.29, 1.82) is 0 Å². The van der Waals surface area contributed by atoms with Crippen molar-refractivity contribution < 1.29 is 8.42 Å². The second-order valence-corrected chi connectivity index (χ2v) is 8.48. The second kappa shape index (κ2) is 7.28. The summed E-state index contributed by atoms with van der Waals surface area (Å²) >= 11 is 11.5. The molecule has 0 aromatic carbocycles. The van der Waals surface area contributed by atoms with Gasteiger partial charge in [0.1, 0.15) is 10.3 Å². The summed E-state index contributed by atoms with van der Waals surface area (Å²) in [4.78, 5) is 8.40. The fraction of sp³-hybridized carbons (Fsp3) is 0.250. The topological polar surface area (TPSA) is 121 Å². The van der Waals surface area contributed by atoms with Gasteiger partial charge in [-0.1, -0.05) is 23.2 Å². The number of sulfonamides is 1. The first-order valence-corrected chi connectivity index (χ1v) is 10.3. The van der Waals surface area contributed by atoms with Crippen LogP contribution in [-0.4, -0.2) is 37.6 Å². The van der Waals surface area contributed by atoms with E-state index in [0.29, 0.717) is 16.5 Å². The summed E-state index contributed by atoms with van der Waals surface area (Å²) < 4.78 is 25.6. The van der Waals surface area contributed by atoms with E-state index in [-0.39, 0.29) is 10.2 Å².